The standard InChI is InChI=1S/C10H9BrClN3O/c11-7-3-6(4-8(12)5-7)10-15-14-9(16-10)1-2-13/h3-5H,1-2,13H2. The number of aromatic nitrogens is 2. The number of benzene rings is 1. The fraction of sp³-hybridized carbons (Fsp3) is 0.200. The lowest BCUT2D eigenvalue weighted by molar-refractivity contribution is 0.507. The van der Waals surface area contributed by atoms with Gasteiger partial charge in [0.05, 0.1) is 0 Å². The molecule has 0 saturated carbocycles. The Kier molecular flexibility index (Phi) is 3.58. The summed E-state index contributed by atoms with van der Waals surface area (Å²) in [5.74, 6) is 0.986. The van der Waals surface area contributed by atoms with Crippen LogP contribution in [-0.4, -0.2) is 16.7 Å². The highest BCUT2D eigenvalue weighted by Crippen LogP contribution is 2.26. The maximum atomic E-state index is 5.93. The van der Waals surface area contributed by atoms with Crippen molar-refractivity contribution in [2.75, 3.05) is 6.54 Å². The van der Waals surface area contributed by atoms with E-state index < -0.39 is 0 Å². The van der Waals surface area contributed by atoms with Crippen LogP contribution in [0.1, 0.15) is 5.89 Å². The summed E-state index contributed by atoms with van der Waals surface area (Å²) >= 11 is 9.28. The number of rotatable bonds is 3. The molecule has 1 aromatic carbocycles. The summed E-state index contributed by atoms with van der Waals surface area (Å²) in [6.45, 7) is 0.487. The van der Waals surface area contributed by atoms with E-state index in [4.69, 9.17) is 21.8 Å². The number of hydrogen-bond acceptors (Lipinski definition) is 4. The molecule has 0 fully saturated rings. The van der Waals surface area contributed by atoms with Gasteiger partial charge in [0.1, 0.15) is 0 Å². The van der Waals surface area contributed by atoms with Gasteiger partial charge >= 0.3 is 0 Å². The molecular weight excluding hydrogens is 293 g/mol. The molecule has 0 spiro atoms. The zero-order chi connectivity index (χ0) is 11.5. The van der Waals surface area contributed by atoms with Crippen molar-refractivity contribution >= 4 is 27.5 Å². The maximum absolute atomic E-state index is 5.93. The highest BCUT2D eigenvalue weighted by molar-refractivity contribution is 9.10. The van der Waals surface area contributed by atoms with Crippen molar-refractivity contribution < 1.29 is 4.42 Å². The van der Waals surface area contributed by atoms with Gasteiger partial charge < -0.3 is 10.2 Å². The molecule has 6 heteroatoms. The quantitative estimate of drug-likeness (QED) is 0.946. The predicted molar refractivity (Wildman–Crippen MR) is 65.2 cm³/mol. The molecule has 0 atom stereocenters. The van der Waals surface area contributed by atoms with E-state index in [0.29, 0.717) is 29.8 Å². The van der Waals surface area contributed by atoms with Gasteiger partial charge in [-0.1, -0.05) is 27.5 Å². The molecule has 0 aliphatic carbocycles. The van der Waals surface area contributed by atoms with Crippen LogP contribution in [0.15, 0.2) is 27.1 Å². The number of halogens is 2. The summed E-state index contributed by atoms with van der Waals surface area (Å²) in [7, 11) is 0. The molecule has 84 valence electrons. The van der Waals surface area contributed by atoms with Crippen molar-refractivity contribution in [1.82, 2.24) is 10.2 Å². The molecule has 0 aliphatic rings. The Hall–Kier alpha value is -0.910. The van der Waals surface area contributed by atoms with Crippen LogP contribution < -0.4 is 5.73 Å². The normalized spacial score (nSPS) is 10.7. The monoisotopic (exact) mass is 301 g/mol. The first-order valence-corrected chi connectivity index (χ1v) is 5.85. The Bertz CT molecular complexity index is 480. The Balaban J connectivity index is 2.34. The zero-order valence-electron chi connectivity index (χ0n) is 8.28. The molecule has 2 rings (SSSR count). The summed E-state index contributed by atoms with van der Waals surface area (Å²) in [6, 6.07) is 5.43. The Labute approximate surface area is 106 Å². The van der Waals surface area contributed by atoms with E-state index in [1.807, 2.05) is 6.07 Å². The van der Waals surface area contributed by atoms with Gasteiger partial charge in [0.15, 0.2) is 0 Å². The van der Waals surface area contributed by atoms with Crippen molar-refractivity contribution in [3.05, 3.63) is 33.6 Å². The van der Waals surface area contributed by atoms with Gasteiger partial charge in [-0.3, -0.25) is 0 Å². The van der Waals surface area contributed by atoms with Crippen LogP contribution in [-0.2, 0) is 6.42 Å². The summed E-state index contributed by atoms with van der Waals surface area (Å²) in [6.07, 6.45) is 0.578. The van der Waals surface area contributed by atoms with Crippen LogP contribution in [0.3, 0.4) is 0 Å². The molecule has 2 N–H and O–H groups in total. The highest BCUT2D eigenvalue weighted by atomic mass is 79.9. The first-order valence-electron chi connectivity index (χ1n) is 4.68. The minimum Gasteiger partial charge on any atom is -0.421 e. The smallest absolute Gasteiger partial charge is 0.247 e. The van der Waals surface area contributed by atoms with Crippen LogP contribution in [0.25, 0.3) is 11.5 Å². The van der Waals surface area contributed by atoms with Gasteiger partial charge in [0.25, 0.3) is 0 Å². The zero-order valence-corrected chi connectivity index (χ0v) is 10.6. The molecular formula is C10H9BrClN3O. The van der Waals surface area contributed by atoms with Crippen LogP contribution in [0.4, 0.5) is 0 Å². The number of nitrogens with zero attached hydrogens (tertiary/aromatic N) is 2. The molecule has 0 aliphatic heterocycles. The van der Waals surface area contributed by atoms with Gasteiger partial charge in [-0.25, -0.2) is 0 Å². The van der Waals surface area contributed by atoms with Crippen LogP contribution in [0, 0.1) is 0 Å². The summed E-state index contributed by atoms with van der Waals surface area (Å²) in [4.78, 5) is 0. The van der Waals surface area contributed by atoms with E-state index in [-0.39, 0.29) is 0 Å². The molecule has 0 radical (unpaired) electrons. The lowest BCUT2D eigenvalue weighted by Crippen LogP contribution is -2.02. The highest BCUT2D eigenvalue weighted by Gasteiger charge is 2.09. The van der Waals surface area contributed by atoms with Gasteiger partial charge in [0, 0.05) is 28.0 Å². The lowest BCUT2D eigenvalue weighted by Gasteiger charge is -1.97. The Morgan fingerprint density at radius 1 is 1.31 bits per heavy atom. The summed E-state index contributed by atoms with van der Waals surface area (Å²) in [5.41, 5.74) is 6.19. The third-order valence-electron chi connectivity index (χ3n) is 1.93. The van der Waals surface area contributed by atoms with E-state index in [0.717, 1.165) is 10.0 Å². The molecule has 0 bridgehead atoms. The van der Waals surface area contributed by atoms with E-state index in [9.17, 15) is 0 Å². The van der Waals surface area contributed by atoms with Crippen molar-refractivity contribution in [3.8, 4) is 11.5 Å². The van der Waals surface area contributed by atoms with Gasteiger partial charge in [-0.2, -0.15) is 0 Å². The molecule has 1 aromatic heterocycles. The van der Waals surface area contributed by atoms with Crippen molar-refractivity contribution in [1.29, 1.82) is 0 Å². The summed E-state index contributed by atoms with van der Waals surface area (Å²) in [5, 5.41) is 8.44. The van der Waals surface area contributed by atoms with E-state index in [1.54, 1.807) is 12.1 Å². The lowest BCUT2D eigenvalue weighted by atomic mass is 10.2. The molecule has 16 heavy (non-hydrogen) atoms. The van der Waals surface area contributed by atoms with Gasteiger partial charge in [0.2, 0.25) is 11.8 Å². The Morgan fingerprint density at radius 2 is 2.12 bits per heavy atom. The molecule has 0 unspecified atom stereocenters. The molecule has 0 amide bonds. The average molecular weight is 303 g/mol. The first-order chi connectivity index (χ1) is 7.69. The van der Waals surface area contributed by atoms with Crippen LogP contribution in [0.2, 0.25) is 5.02 Å². The fourth-order valence-corrected chi connectivity index (χ4v) is 2.13. The van der Waals surface area contributed by atoms with Crippen molar-refractivity contribution in [2.45, 2.75) is 6.42 Å². The summed E-state index contributed by atoms with van der Waals surface area (Å²) < 4.78 is 6.31. The molecule has 1 heterocycles. The fourth-order valence-electron chi connectivity index (χ4n) is 1.27. The van der Waals surface area contributed by atoms with E-state index >= 15 is 0 Å². The maximum Gasteiger partial charge on any atom is 0.247 e. The average Bonchev–Trinajstić information content (AvgIpc) is 2.65. The number of hydrogen-bond donors (Lipinski definition) is 1. The van der Waals surface area contributed by atoms with Crippen LogP contribution in [0.5, 0.6) is 0 Å². The minimum atomic E-state index is 0.451. The molecule has 2 aromatic rings. The third kappa shape index (κ3) is 2.61. The SMILES string of the molecule is NCCc1nnc(-c2cc(Cl)cc(Br)c2)o1. The van der Waals surface area contributed by atoms with Crippen LogP contribution >= 0.6 is 27.5 Å². The minimum absolute atomic E-state index is 0.451. The molecule has 4 nitrogen and oxygen atoms in total. The second-order valence-corrected chi connectivity index (χ2v) is 4.55. The second kappa shape index (κ2) is 4.95. The van der Waals surface area contributed by atoms with Crippen molar-refractivity contribution in [2.24, 2.45) is 5.73 Å². The Morgan fingerprint density at radius 3 is 2.81 bits per heavy atom. The topological polar surface area (TPSA) is 64.9 Å². The third-order valence-corrected chi connectivity index (χ3v) is 2.61. The molecule has 0 saturated heterocycles. The van der Waals surface area contributed by atoms with Gasteiger partial charge in [-0.15, -0.1) is 10.2 Å². The van der Waals surface area contributed by atoms with E-state index in [2.05, 4.69) is 26.1 Å². The first kappa shape index (κ1) is 11.6. The largest absolute Gasteiger partial charge is 0.421 e. The number of nitrogens with two attached hydrogens (primary N) is 1. The second-order valence-electron chi connectivity index (χ2n) is 3.20. The van der Waals surface area contributed by atoms with Gasteiger partial charge in [-0.05, 0) is 18.2 Å². The predicted octanol–water partition coefficient (Wildman–Crippen LogP) is 2.65. The van der Waals surface area contributed by atoms with E-state index in [1.165, 1.54) is 0 Å². The van der Waals surface area contributed by atoms with Crippen molar-refractivity contribution in [3.63, 3.8) is 0 Å².